The summed E-state index contributed by atoms with van der Waals surface area (Å²) in [6, 6.07) is 12.1. The summed E-state index contributed by atoms with van der Waals surface area (Å²) in [5, 5.41) is 3.04. The minimum Gasteiger partial charge on any atom is -0.493 e. The Hall–Kier alpha value is -1.73. The third-order valence-electron chi connectivity index (χ3n) is 6.20. The first-order chi connectivity index (χ1) is 14.0. The van der Waals surface area contributed by atoms with E-state index in [2.05, 4.69) is 45.6 Å². The number of piperidine rings is 1. The number of quaternary nitrogens is 1. The largest absolute Gasteiger partial charge is 0.493 e. The van der Waals surface area contributed by atoms with Crippen LogP contribution in [0.2, 0.25) is 5.02 Å². The lowest BCUT2D eigenvalue weighted by Crippen LogP contribution is -3.11. The number of hydrogen-bond acceptors (Lipinski definition) is 4. The lowest BCUT2D eigenvalue weighted by Gasteiger charge is -2.50. The van der Waals surface area contributed by atoms with Crippen LogP contribution in [0, 0.1) is 0 Å². The van der Waals surface area contributed by atoms with Crippen molar-refractivity contribution in [3.8, 4) is 11.5 Å². The quantitative estimate of drug-likeness (QED) is 0.695. The fourth-order valence-electron chi connectivity index (χ4n) is 4.56. The SMILES string of the molecule is COc1cc(Br)cc2c1OC1(CC[NH+](C)CC1)N1NC(c3ccc(Cl)cc3)=CC21. The lowest BCUT2D eigenvalue weighted by molar-refractivity contribution is -0.888. The standard InChI is InChI=1S/C22H23BrClN3O2/c1-26-9-7-22(8-10-26)27-19(13-18(25-27)14-3-5-16(24)6-4-14)17-11-15(23)12-20(28-2)21(17)29-22/h3-6,11-13,19,25H,7-10H2,1-2H3/p+1. The minimum atomic E-state index is -0.400. The van der Waals surface area contributed by atoms with E-state index in [1.807, 2.05) is 30.3 Å². The molecule has 0 saturated carbocycles. The second-order valence-corrected chi connectivity index (χ2v) is 9.40. The maximum atomic E-state index is 6.75. The summed E-state index contributed by atoms with van der Waals surface area (Å²) < 4.78 is 13.4. The van der Waals surface area contributed by atoms with Crippen molar-refractivity contribution in [2.45, 2.75) is 24.6 Å². The number of nitrogens with one attached hydrogen (secondary N) is 2. The van der Waals surface area contributed by atoms with Crippen LogP contribution in [0.4, 0.5) is 0 Å². The molecule has 3 aliphatic rings. The van der Waals surface area contributed by atoms with Crippen LogP contribution in [0.1, 0.15) is 30.0 Å². The van der Waals surface area contributed by atoms with Crippen molar-refractivity contribution in [3.63, 3.8) is 0 Å². The van der Waals surface area contributed by atoms with Crippen LogP contribution in [0.3, 0.4) is 0 Å². The van der Waals surface area contributed by atoms with Crippen molar-refractivity contribution >= 4 is 33.2 Å². The van der Waals surface area contributed by atoms with Gasteiger partial charge in [0.05, 0.1) is 51.8 Å². The first kappa shape index (κ1) is 19.2. The molecule has 7 heteroatoms. The van der Waals surface area contributed by atoms with Gasteiger partial charge in [-0.2, -0.15) is 5.01 Å². The highest BCUT2D eigenvalue weighted by atomic mass is 79.9. The average Bonchev–Trinajstić information content (AvgIpc) is 3.18. The van der Waals surface area contributed by atoms with Crippen molar-refractivity contribution in [3.05, 3.63) is 63.1 Å². The molecule has 3 heterocycles. The summed E-state index contributed by atoms with van der Waals surface area (Å²) in [5.41, 5.74) is 6.55. The predicted molar refractivity (Wildman–Crippen MR) is 117 cm³/mol. The van der Waals surface area contributed by atoms with E-state index in [9.17, 15) is 0 Å². The van der Waals surface area contributed by atoms with E-state index in [0.717, 1.165) is 63.7 Å². The third-order valence-corrected chi connectivity index (χ3v) is 6.91. The second-order valence-electron chi connectivity index (χ2n) is 8.05. The number of hydrogen-bond donors (Lipinski definition) is 2. The van der Waals surface area contributed by atoms with Crippen molar-refractivity contribution in [2.75, 3.05) is 27.2 Å². The van der Waals surface area contributed by atoms with E-state index in [0.29, 0.717) is 0 Å². The number of nitrogens with zero attached hydrogens (tertiary/aromatic N) is 1. The molecule has 0 bridgehead atoms. The first-order valence-corrected chi connectivity index (χ1v) is 11.1. The van der Waals surface area contributed by atoms with Crippen LogP contribution in [0.15, 0.2) is 46.9 Å². The van der Waals surface area contributed by atoms with Gasteiger partial charge in [-0.3, -0.25) is 0 Å². The molecule has 2 aromatic carbocycles. The molecule has 5 nitrogen and oxygen atoms in total. The van der Waals surface area contributed by atoms with Crippen LogP contribution in [0.25, 0.3) is 5.70 Å². The summed E-state index contributed by atoms with van der Waals surface area (Å²) in [6.07, 6.45) is 4.18. The molecule has 1 atom stereocenters. The number of likely N-dealkylation sites (tertiary alicyclic amines) is 1. The number of benzene rings is 2. The number of rotatable bonds is 2. The summed E-state index contributed by atoms with van der Waals surface area (Å²) in [7, 11) is 3.94. The molecule has 2 N–H and O–H groups in total. The third kappa shape index (κ3) is 3.22. The van der Waals surface area contributed by atoms with E-state index < -0.39 is 5.72 Å². The van der Waals surface area contributed by atoms with Gasteiger partial charge >= 0.3 is 0 Å². The van der Waals surface area contributed by atoms with Crippen LogP contribution >= 0.6 is 27.5 Å². The van der Waals surface area contributed by atoms with Gasteiger partial charge in [-0.05, 0) is 35.9 Å². The van der Waals surface area contributed by atoms with Gasteiger partial charge in [0.25, 0.3) is 0 Å². The van der Waals surface area contributed by atoms with Crippen molar-refractivity contribution in [1.29, 1.82) is 0 Å². The zero-order chi connectivity index (χ0) is 20.2. The van der Waals surface area contributed by atoms with E-state index in [4.69, 9.17) is 21.1 Å². The summed E-state index contributed by atoms with van der Waals surface area (Å²) in [4.78, 5) is 1.54. The molecule has 1 saturated heterocycles. The van der Waals surface area contributed by atoms with Crippen molar-refractivity contribution < 1.29 is 14.4 Å². The molecular weight excluding hydrogens is 454 g/mol. The van der Waals surface area contributed by atoms with Crippen molar-refractivity contribution in [2.24, 2.45) is 0 Å². The molecule has 1 spiro atoms. The van der Waals surface area contributed by atoms with Gasteiger partial charge in [0.1, 0.15) is 0 Å². The Kier molecular flexibility index (Phi) is 4.78. The molecule has 2 aromatic rings. The highest BCUT2D eigenvalue weighted by molar-refractivity contribution is 9.10. The molecule has 0 aromatic heterocycles. The molecule has 5 rings (SSSR count). The average molecular weight is 478 g/mol. The predicted octanol–water partition coefficient (Wildman–Crippen LogP) is 3.41. The van der Waals surface area contributed by atoms with E-state index in [-0.39, 0.29) is 6.04 Å². The van der Waals surface area contributed by atoms with Crippen LogP contribution < -0.4 is 19.8 Å². The fraction of sp³-hybridized carbons (Fsp3) is 0.364. The Morgan fingerprint density at radius 1 is 1.24 bits per heavy atom. The Morgan fingerprint density at radius 3 is 2.66 bits per heavy atom. The molecule has 0 amide bonds. The molecule has 29 heavy (non-hydrogen) atoms. The zero-order valence-corrected chi connectivity index (χ0v) is 18.8. The highest BCUT2D eigenvalue weighted by Crippen LogP contribution is 2.51. The van der Waals surface area contributed by atoms with Crippen LogP contribution in [0.5, 0.6) is 11.5 Å². The molecule has 0 aliphatic carbocycles. The van der Waals surface area contributed by atoms with Gasteiger partial charge in [-0.15, -0.1) is 0 Å². The van der Waals surface area contributed by atoms with Gasteiger partial charge in [-0.25, -0.2) is 0 Å². The smallest absolute Gasteiger partial charge is 0.191 e. The number of methoxy groups -OCH3 is 1. The molecule has 0 radical (unpaired) electrons. The number of ether oxygens (including phenoxy) is 2. The maximum absolute atomic E-state index is 6.75. The fourth-order valence-corrected chi connectivity index (χ4v) is 5.14. The summed E-state index contributed by atoms with van der Waals surface area (Å²) >= 11 is 9.73. The normalized spacial score (nSPS) is 28.2. The number of fused-ring (bicyclic) bond motifs is 4. The van der Waals surface area contributed by atoms with Crippen molar-refractivity contribution in [1.82, 2.24) is 10.4 Å². The summed E-state index contributed by atoms with van der Waals surface area (Å²) in [5.74, 6) is 1.62. The topological polar surface area (TPSA) is 38.2 Å². The van der Waals surface area contributed by atoms with Gasteiger partial charge in [0.15, 0.2) is 17.2 Å². The van der Waals surface area contributed by atoms with Gasteiger partial charge in [-0.1, -0.05) is 39.7 Å². The van der Waals surface area contributed by atoms with Crippen LogP contribution in [-0.2, 0) is 0 Å². The highest BCUT2D eigenvalue weighted by Gasteiger charge is 2.53. The molecule has 1 unspecified atom stereocenters. The molecular formula is C22H24BrClN3O2+. The Labute approximate surface area is 184 Å². The lowest BCUT2D eigenvalue weighted by atomic mass is 9.92. The zero-order valence-electron chi connectivity index (χ0n) is 16.5. The Morgan fingerprint density at radius 2 is 1.97 bits per heavy atom. The van der Waals surface area contributed by atoms with E-state index in [1.165, 1.54) is 4.90 Å². The maximum Gasteiger partial charge on any atom is 0.191 e. The monoisotopic (exact) mass is 476 g/mol. The number of halogens is 2. The summed E-state index contributed by atoms with van der Waals surface area (Å²) in [6.45, 7) is 2.13. The van der Waals surface area contributed by atoms with E-state index >= 15 is 0 Å². The van der Waals surface area contributed by atoms with Crippen LogP contribution in [-0.4, -0.2) is 38.0 Å². The number of hydrazine groups is 1. The first-order valence-electron chi connectivity index (χ1n) is 9.90. The van der Waals surface area contributed by atoms with Gasteiger partial charge < -0.3 is 19.8 Å². The van der Waals surface area contributed by atoms with E-state index in [1.54, 1.807) is 7.11 Å². The minimum absolute atomic E-state index is 0.0641. The Bertz CT molecular complexity index is 971. The Balaban J connectivity index is 1.62. The molecule has 152 valence electrons. The second kappa shape index (κ2) is 7.20. The molecule has 1 fully saturated rings. The molecule has 3 aliphatic heterocycles. The van der Waals surface area contributed by atoms with Gasteiger partial charge in [0.2, 0.25) is 0 Å². The van der Waals surface area contributed by atoms with Gasteiger partial charge in [0, 0.05) is 15.1 Å².